The number of para-hydroxylation sites is 1. The summed E-state index contributed by atoms with van der Waals surface area (Å²) in [5.41, 5.74) is 0. The van der Waals surface area contributed by atoms with Crippen molar-refractivity contribution >= 4 is 16.0 Å². The fourth-order valence-corrected chi connectivity index (χ4v) is 5.03. The smallest absolute Gasteiger partial charge is 0.243 e. The van der Waals surface area contributed by atoms with Gasteiger partial charge in [-0.05, 0) is 49.4 Å². The van der Waals surface area contributed by atoms with Crippen LogP contribution in [0.1, 0.15) is 19.3 Å². The van der Waals surface area contributed by atoms with Crippen LogP contribution in [-0.2, 0) is 10.0 Å². The van der Waals surface area contributed by atoms with E-state index in [-0.39, 0.29) is 0 Å². The molecular weight excluding hydrogens is 412 g/mol. The number of nitrogens with zero attached hydrogens (tertiary/aromatic N) is 2. The molecule has 7 nitrogen and oxygen atoms in total. The van der Waals surface area contributed by atoms with Crippen molar-refractivity contribution in [2.45, 2.75) is 24.2 Å². The van der Waals surface area contributed by atoms with Gasteiger partial charge in [-0.1, -0.05) is 36.4 Å². The quantitative estimate of drug-likeness (QED) is 0.353. The van der Waals surface area contributed by atoms with Crippen molar-refractivity contribution in [2.75, 3.05) is 39.8 Å². The van der Waals surface area contributed by atoms with Crippen molar-refractivity contribution < 1.29 is 13.2 Å². The normalized spacial score (nSPS) is 16.1. The van der Waals surface area contributed by atoms with Gasteiger partial charge in [0.2, 0.25) is 10.0 Å². The van der Waals surface area contributed by atoms with Gasteiger partial charge in [-0.25, -0.2) is 8.42 Å². The highest BCUT2D eigenvalue weighted by Crippen LogP contribution is 2.23. The van der Waals surface area contributed by atoms with Gasteiger partial charge < -0.3 is 15.4 Å². The second-order valence-corrected chi connectivity index (χ2v) is 9.49. The van der Waals surface area contributed by atoms with E-state index in [4.69, 9.17) is 4.74 Å². The Morgan fingerprint density at radius 3 is 2.32 bits per heavy atom. The van der Waals surface area contributed by atoms with Gasteiger partial charge in [-0.2, -0.15) is 4.31 Å². The Bertz CT molecular complexity index is 912. The lowest BCUT2D eigenvalue weighted by atomic mass is 9.98. The zero-order chi connectivity index (χ0) is 21.9. The molecule has 1 fully saturated rings. The Hall–Kier alpha value is -2.58. The highest BCUT2D eigenvalue weighted by molar-refractivity contribution is 7.89. The van der Waals surface area contributed by atoms with E-state index in [1.54, 1.807) is 35.6 Å². The summed E-state index contributed by atoms with van der Waals surface area (Å²) in [5.74, 6) is 2.06. The van der Waals surface area contributed by atoms with Crippen molar-refractivity contribution in [1.82, 2.24) is 14.9 Å². The van der Waals surface area contributed by atoms with E-state index in [0.29, 0.717) is 30.5 Å². The molecule has 0 aliphatic carbocycles. The highest BCUT2D eigenvalue weighted by Gasteiger charge is 2.29. The van der Waals surface area contributed by atoms with E-state index < -0.39 is 10.0 Å². The Balaban J connectivity index is 1.33. The summed E-state index contributed by atoms with van der Waals surface area (Å²) in [6, 6.07) is 18.4. The molecule has 168 valence electrons. The first kappa shape index (κ1) is 23.1. The maximum Gasteiger partial charge on any atom is 0.243 e. The molecule has 0 bridgehead atoms. The average molecular weight is 445 g/mol. The van der Waals surface area contributed by atoms with Crippen LogP contribution in [0.15, 0.2) is 70.6 Å². The molecule has 2 N–H and O–H groups in total. The number of ether oxygens (including phenoxy) is 1. The summed E-state index contributed by atoms with van der Waals surface area (Å²) in [6.07, 6.45) is 2.53. The van der Waals surface area contributed by atoms with E-state index in [1.165, 1.54) is 0 Å². The topological polar surface area (TPSA) is 83.0 Å². The minimum atomic E-state index is -3.39. The van der Waals surface area contributed by atoms with Crippen molar-refractivity contribution in [1.29, 1.82) is 0 Å². The largest absolute Gasteiger partial charge is 0.494 e. The van der Waals surface area contributed by atoms with Gasteiger partial charge in [0.15, 0.2) is 5.96 Å². The second kappa shape index (κ2) is 11.7. The number of benzene rings is 2. The molecule has 31 heavy (non-hydrogen) atoms. The number of sulfonamides is 1. The fourth-order valence-electron chi connectivity index (χ4n) is 3.54. The molecule has 1 aliphatic heterocycles. The van der Waals surface area contributed by atoms with Crippen molar-refractivity contribution in [3.8, 4) is 5.75 Å². The molecule has 0 aromatic heterocycles. The van der Waals surface area contributed by atoms with Gasteiger partial charge in [0, 0.05) is 33.2 Å². The minimum absolute atomic E-state index is 0.368. The Morgan fingerprint density at radius 2 is 1.68 bits per heavy atom. The molecule has 0 atom stereocenters. The summed E-state index contributed by atoms with van der Waals surface area (Å²) < 4.78 is 32.8. The van der Waals surface area contributed by atoms with Crippen LogP contribution >= 0.6 is 0 Å². The summed E-state index contributed by atoms with van der Waals surface area (Å²) in [7, 11) is -1.64. The minimum Gasteiger partial charge on any atom is -0.494 e. The van der Waals surface area contributed by atoms with Gasteiger partial charge in [0.05, 0.1) is 11.5 Å². The molecule has 1 saturated heterocycles. The summed E-state index contributed by atoms with van der Waals surface area (Å²) in [4.78, 5) is 4.64. The van der Waals surface area contributed by atoms with Gasteiger partial charge in [0.25, 0.3) is 0 Å². The third kappa shape index (κ3) is 6.97. The molecule has 0 saturated carbocycles. The van der Waals surface area contributed by atoms with Crippen molar-refractivity contribution in [2.24, 2.45) is 10.9 Å². The van der Waals surface area contributed by atoms with Crippen LogP contribution < -0.4 is 15.4 Å². The molecule has 0 radical (unpaired) electrons. The summed E-state index contributed by atoms with van der Waals surface area (Å²) >= 11 is 0. The molecular formula is C23H32N4O3S. The van der Waals surface area contributed by atoms with E-state index in [1.807, 2.05) is 36.4 Å². The number of aliphatic imine (C=N–C) groups is 1. The Labute approximate surface area is 185 Å². The first-order valence-electron chi connectivity index (χ1n) is 10.8. The number of hydrogen-bond donors (Lipinski definition) is 2. The summed E-state index contributed by atoms with van der Waals surface area (Å²) in [6.45, 7) is 3.28. The van der Waals surface area contributed by atoms with Gasteiger partial charge >= 0.3 is 0 Å². The van der Waals surface area contributed by atoms with Crippen LogP contribution in [-0.4, -0.2) is 58.5 Å². The lowest BCUT2D eigenvalue weighted by molar-refractivity contribution is 0.273. The number of hydrogen-bond acceptors (Lipinski definition) is 4. The standard InChI is InChI=1S/C23H32N4O3S/c1-24-23(25-15-8-18-30-21-9-4-2-5-10-21)26-19-20-13-16-27(17-14-20)31(28,29)22-11-6-3-7-12-22/h2-7,9-12,20H,8,13-19H2,1H3,(H2,24,25,26). The molecule has 1 aliphatic rings. The zero-order valence-electron chi connectivity index (χ0n) is 18.0. The van der Waals surface area contributed by atoms with E-state index in [0.717, 1.165) is 44.1 Å². The summed E-state index contributed by atoms with van der Waals surface area (Å²) in [5, 5.41) is 6.67. The third-order valence-electron chi connectivity index (χ3n) is 5.36. The van der Waals surface area contributed by atoms with Gasteiger partial charge in [-0.3, -0.25) is 4.99 Å². The lowest BCUT2D eigenvalue weighted by Gasteiger charge is -2.31. The first-order chi connectivity index (χ1) is 15.1. The van der Waals surface area contributed by atoms with Gasteiger partial charge in [-0.15, -0.1) is 0 Å². The highest BCUT2D eigenvalue weighted by atomic mass is 32.2. The molecule has 8 heteroatoms. The Kier molecular flexibility index (Phi) is 8.73. The van der Waals surface area contributed by atoms with Crippen LogP contribution in [0.2, 0.25) is 0 Å². The number of guanidine groups is 1. The van der Waals surface area contributed by atoms with Crippen LogP contribution in [0.4, 0.5) is 0 Å². The molecule has 2 aromatic rings. The van der Waals surface area contributed by atoms with Crippen molar-refractivity contribution in [3.63, 3.8) is 0 Å². The molecule has 3 rings (SSSR count). The van der Waals surface area contributed by atoms with Crippen LogP contribution in [0.25, 0.3) is 0 Å². The number of nitrogens with one attached hydrogen (secondary N) is 2. The van der Waals surface area contributed by atoms with Crippen LogP contribution in [0.3, 0.4) is 0 Å². The Morgan fingerprint density at radius 1 is 1.03 bits per heavy atom. The second-order valence-electron chi connectivity index (χ2n) is 7.56. The maximum atomic E-state index is 12.7. The number of rotatable bonds is 9. The molecule has 2 aromatic carbocycles. The predicted octanol–water partition coefficient (Wildman–Crippen LogP) is 2.72. The molecule has 0 amide bonds. The number of piperidine rings is 1. The third-order valence-corrected chi connectivity index (χ3v) is 7.27. The average Bonchev–Trinajstić information content (AvgIpc) is 2.82. The SMILES string of the molecule is CN=C(NCCCOc1ccccc1)NCC1CCN(S(=O)(=O)c2ccccc2)CC1. The van der Waals surface area contributed by atoms with E-state index >= 15 is 0 Å². The van der Waals surface area contributed by atoms with E-state index in [2.05, 4.69) is 15.6 Å². The molecule has 1 heterocycles. The zero-order valence-corrected chi connectivity index (χ0v) is 18.9. The maximum absolute atomic E-state index is 12.7. The first-order valence-corrected chi connectivity index (χ1v) is 12.2. The van der Waals surface area contributed by atoms with Crippen molar-refractivity contribution in [3.05, 3.63) is 60.7 Å². The molecule has 0 spiro atoms. The molecule has 0 unspecified atom stereocenters. The van der Waals surface area contributed by atoms with Gasteiger partial charge in [0.1, 0.15) is 5.75 Å². The van der Waals surface area contributed by atoms with Crippen LogP contribution in [0.5, 0.6) is 5.75 Å². The fraction of sp³-hybridized carbons (Fsp3) is 0.435. The lowest BCUT2D eigenvalue weighted by Crippen LogP contribution is -2.44. The predicted molar refractivity (Wildman–Crippen MR) is 124 cm³/mol. The van der Waals surface area contributed by atoms with E-state index in [9.17, 15) is 8.42 Å². The van der Waals surface area contributed by atoms with Crippen LogP contribution in [0, 0.1) is 5.92 Å². The monoisotopic (exact) mass is 444 g/mol.